The van der Waals surface area contributed by atoms with E-state index in [2.05, 4.69) is 15.6 Å². The lowest BCUT2D eigenvalue weighted by Gasteiger charge is -2.10. The Labute approximate surface area is 150 Å². The van der Waals surface area contributed by atoms with Gasteiger partial charge >= 0.3 is 0 Å². The molecule has 9 heteroatoms. The normalized spacial score (nSPS) is 10.8. The minimum atomic E-state index is -3.47. The van der Waals surface area contributed by atoms with Crippen LogP contribution < -0.4 is 15.6 Å². The second-order valence-electron chi connectivity index (χ2n) is 5.42. The van der Waals surface area contributed by atoms with E-state index in [1.807, 2.05) is 0 Å². The smallest absolute Gasteiger partial charge is 0.269 e. The molecule has 0 radical (unpaired) electrons. The molecule has 26 heavy (non-hydrogen) atoms. The topological polar surface area (TPSA) is 104 Å². The molecule has 3 N–H and O–H groups in total. The fourth-order valence-corrected chi connectivity index (χ4v) is 3.21. The maximum Gasteiger partial charge on any atom is 0.269 e. The van der Waals surface area contributed by atoms with E-state index < -0.39 is 27.7 Å². The van der Waals surface area contributed by atoms with Crippen LogP contribution in [0.5, 0.6) is 0 Å². The van der Waals surface area contributed by atoms with Gasteiger partial charge in [-0.2, -0.15) is 0 Å². The van der Waals surface area contributed by atoms with Crippen LogP contribution in [0, 0.1) is 5.82 Å². The number of hydrazine groups is 1. The van der Waals surface area contributed by atoms with Gasteiger partial charge in [0, 0.05) is 16.8 Å². The molecule has 2 rings (SSSR count). The van der Waals surface area contributed by atoms with Gasteiger partial charge in [-0.15, -0.1) is 0 Å². The summed E-state index contributed by atoms with van der Waals surface area (Å²) in [4.78, 5) is 24.0. The van der Waals surface area contributed by atoms with E-state index in [0.717, 1.165) is 12.1 Å². The SMILES string of the molecule is CCCS(=O)(=O)Nc1cccc(C(=O)NNC(=O)c2ccc(F)cc2)c1. The highest BCUT2D eigenvalue weighted by atomic mass is 32.2. The molecule has 0 spiro atoms. The Kier molecular flexibility index (Phi) is 6.29. The first-order valence-corrected chi connectivity index (χ1v) is 9.43. The predicted octanol–water partition coefficient (Wildman–Crippen LogP) is 2.05. The van der Waals surface area contributed by atoms with Gasteiger partial charge in [-0.1, -0.05) is 13.0 Å². The molecule has 0 saturated carbocycles. The molecule has 0 atom stereocenters. The number of hydrogen-bond acceptors (Lipinski definition) is 4. The summed E-state index contributed by atoms with van der Waals surface area (Å²) in [6, 6.07) is 10.7. The Hall–Kier alpha value is -2.94. The van der Waals surface area contributed by atoms with E-state index in [4.69, 9.17) is 0 Å². The van der Waals surface area contributed by atoms with Crippen LogP contribution in [0.2, 0.25) is 0 Å². The molecule has 0 unspecified atom stereocenters. The van der Waals surface area contributed by atoms with Gasteiger partial charge in [0.1, 0.15) is 5.82 Å². The van der Waals surface area contributed by atoms with Crippen molar-refractivity contribution in [2.24, 2.45) is 0 Å². The third kappa shape index (κ3) is 5.55. The van der Waals surface area contributed by atoms with Gasteiger partial charge in [-0.25, -0.2) is 12.8 Å². The zero-order valence-electron chi connectivity index (χ0n) is 14.0. The molecule has 2 aromatic rings. The van der Waals surface area contributed by atoms with Crippen LogP contribution in [0.15, 0.2) is 48.5 Å². The molecule has 0 heterocycles. The lowest BCUT2D eigenvalue weighted by atomic mass is 10.2. The van der Waals surface area contributed by atoms with Crippen molar-refractivity contribution in [3.05, 3.63) is 65.5 Å². The number of carbonyl (C=O) groups excluding carboxylic acids is 2. The summed E-state index contributed by atoms with van der Waals surface area (Å²) in [7, 11) is -3.47. The van der Waals surface area contributed by atoms with E-state index in [-0.39, 0.29) is 22.6 Å². The number of anilines is 1. The molecular weight excluding hydrogens is 361 g/mol. The van der Waals surface area contributed by atoms with Crippen LogP contribution in [0.3, 0.4) is 0 Å². The van der Waals surface area contributed by atoms with Gasteiger partial charge < -0.3 is 0 Å². The summed E-state index contributed by atoms with van der Waals surface area (Å²) in [6.07, 6.45) is 0.463. The molecule has 138 valence electrons. The van der Waals surface area contributed by atoms with Gasteiger partial charge in [-0.3, -0.25) is 25.2 Å². The molecule has 0 saturated heterocycles. The summed E-state index contributed by atoms with van der Waals surface area (Å²) in [6.45, 7) is 1.74. The van der Waals surface area contributed by atoms with Gasteiger partial charge in [0.2, 0.25) is 10.0 Å². The van der Waals surface area contributed by atoms with Crippen molar-refractivity contribution in [2.75, 3.05) is 10.5 Å². The van der Waals surface area contributed by atoms with E-state index in [1.54, 1.807) is 6.92 Å². The van der Waals surface area contributed by atoms with E-state index >= 15 is 0 Å². The standard InChI is InChI=1S/C17H18FN3O4S/c1-2-10-26(24,25)21-15-5-3-4-13(11-15)17(23)20-19-16(22)12-6-8-14(18)9-7-12/h3-9,11,21H,2,10H2,1H3,(H,19,22)(H,20,23). The highest BCUT2D eigenvalue weighted by Crippen LogP contribution is 2.13. The van der Waals surface area contributed by atoms with Crippen molar-refractivity contribution in [3.63, 3.8) is 0 Å². The van der Waals surface area contributed by atoms with Gasteiger partial charge in [0.15, 0.2) is 0 Å². The molecule has 0 aromatic heterocycles. The van der Waals surface area contributed by atoms with Crippen LogP contribution in [-0.2, 0) is 10.0 Å². The number of benzene rings is 2. The fourth-order valence-electron chi connectivity index (χ4n) is 2.08. The fraction of sp³-hybridized carbons (Fsp3) is 0.176. The third-order valence-electron chi connectivity index (χ3n) is 3.27. The maximum atomic E-state index is 12.8. The number of amides is 2. The van der Waals surface area contributed by atoms with Crippen LogP contribution in [-0.4, -0.2) is 26.0 Å². The van der Waals surface area contributed by atoms with Crippen LogP contribution >= 0.6 is 0 Å². The average Bonchev–Trinajstić information content (AvgIpc) is 2.59. The molecule has 0 bridgehead atoms. The Balaban J connectivity index is 2.00. The lowest BCUT2D eigenvalue weighted by molar-refractivity contribution is 0.0846. The zero-order valence-corrected chi connectivity index (χ0v) is 14.8. The number of rotatable bonds is 6. The molecule has 7 nitrogen and oxygen atoms in total. The average molecular weight is 379 g/mol. The second kappa shape index (κ2) is 8.43. The first-order chi connectivity index (χ1) is 12.3. The van der Waals surface area contributed by atoms with Crippen LogP contribution in [0.25, 0.3) is 0 Å². The highest BCUT2D eigenvalue weighted by Gasteiger charge is 2.12. The van der Waals surface area contributed by atoms with Gasteiger partial charge in [0.25, 0.3) is 11.8 Å². The van der Waals surface area contributed by atoms with Crippen molar-refractivity contribution < 1.29 is 22.4 Å². The largest absolute Gasteiger partial charge is 0.284 e. The van der Waals surface area contributed by atoms with Crippen LogP contribution in [0.1, 0.15) is 34.1 Å². The Morgan fingerprint density at radius 3 is 2.19 bits per heavy atom. The van der Waals surface area contributed by atoms with Crippen LogP contribution in [0.4, 0.5) is 10.1 Å². The minimum absolute atomic E-state index is 0.0306. The molecule has 2 aromatic carbocycles. The molecule has 0 fully saturated rings. The Bertz CT molecular complexity index is 898. The summed E-state index contributed by atoms with van der Waals surface area (Å²) in [5.74, 6) is -1.75. The third-order valence-corrected chi connectivity index (χ3v) is 4.76. The minimum Gasteiger partial charge on any atom is -0.284 e. The number of halogens is 1. The van der Waals surface area contributed by atoms with Crippen molar-refractivity contribution in [3.8, 4) is 0 Å². The van der Waals surface area contributed by atoms with Gasteiger partial charge in [-0.05, 0) is 48.9 Å². The van der Waals surface area contributed by atoms with Crippen molar-refractivity contribution in [1.82, 2.24) is 10.9 Å². The quantitative estimate of drug-likeness (QED) is 0.668. The summed E-state index contributed by atoms with van der Waals surface area (Å²) in [5, 5.41) is 0. The number of nitrogens with one attached hydrogen (secondary N) is 3. The van der Waals surface area contributed by atoms with Crippen molar-refractivity contribution in [1.29, 1.82) is 0 Å². The molecule has 0 aliphatic carbocycles. The number of hydrogen-bond donors (Lipinski definition) is 3. The monoisotopic (exact) mass is 379 g/mol. The number of sulfonamides is 1. The Morgan fingerprint density at radius 1 is 0.962 bits per heavy atom. The first kappa shape index (κ1) is 19.4. The van der Waals surface area contributed by atoms with E-state index in [1.165, 1.54) is 36.4 Å². The van der Waals surface area contributed by atoms with E-state index in [0.29, 0.717) is 6.42 Å². The number of carbonyl (C=O) groups is 2. The first-order valence-electron chi connectivity index (χ1n) is 7.77. The van der Waals surface area contributed by atoms with Crippen molar-refractivity contribution in [2.45, 2.75) is 13.3 Å². The van der Waals surface area contributed by atoms with Crippen molar-refractivity contribution >= 4 is 27.5 Å². The lowest BCUT2D eigenvalue weighted by Crippen LogP contribution is -2.41. The predicted molar refractivity (Wildman–Crippen MR) is 95.5 cm³/mol. The maximum absolute atomic E-state index is 12.8. The summed E-state index contributed by atoms with van der Waals surface area (Å²) in [5.41, 5.74) is 5.00. The highest BCUT2D eigenvalue weighted by molar-refractivity contribution is 7.92. The van der Waals surface area contributed by atoms with E-state index in [9.17, 15) is 22.4 Å². The molecule has 0 aliphatic rings. The zero-order chi connectivity index (χ0) is 19.2. The molecule has 0 aliphatic heterocycles. The Morgan fingerprint density at radius 2 is 1.58 bits per heavy atom. The second-order valence-corrected chi connectivity index (χ2v) is 7.26. The molecular formula is C17H18FN3O4S. The van der Waals surface area contributed by atoms with Gasteiger partial charge in [0.05, 0.1) is 5.75 Å². The molecule has 2 amide bonds. The summed E-state index contributed by atoms with van der Waals surface area (Å²) >= 11 is 0. The summed E-state index contributed by atoms with van der Waals surface area (Å²) < 4.78 is 38.8.